The maximum atomic E-state index is 13.4. The molecule has 1 fully saturated rings. The number of benzene rings is 1. The smallest absolute Gasteiger partial charge is 0.325 e. The Labute approximate surface area is 125 Å². The Hall–Kier alpha value is -1.43. The molecular formula is C14H15BrFNO3. The van der Waals surface area contributed by atoms with E-state index in [2.05, 4.69) is 15.9 Å². The molecule has 1 aliphatic carbocycles. The van der Waals surface area contributed by atoms with Crippen molar-refractivity contribution in [3.63, 3.8) is 0 Å². The molecule has 6 heteroatoms. The Bertz CT molecular complexity index is 511. The zero-order valence-corrected chi connectivity index (χ0v) is 12.7. The summed E-state index contributed by atoms with van der Waals surface area (Å²) in [5.74, 6) is -1.28. The molecule has 0 atom stereocenters. The van der Waals surface area contributed by atoms with Crippen LogP contribution in [0, 0.1) is 5.82 Å². The number of hydrogen-bond acceptors (Lipinski definition) is 3. The van der Waals surface area contributed by atoms with Crippen molar-refractivity contribution < 1.29 is 18.7 Å². The second-order valence-corrected chi connectivity index (χ2v) is 5.54. The summed E-state index contributed by atoms with van der Waals surface area (Å²) in [4.78, 5) is 25.4. The van der Waals surface area contributed by atoms with Gasteiger partial charge in [0, 0.05) is 16.1 Å². The molecule has 1 saturated carbocycles. The predicted molar refractivity (Wildman–Crippen MR) is 74.8 cm³/mol. The molecule has 2 rings (SSSR count). The number of rotatable bonds is 5. The summed E-state index contributed by atoms with van der Waals surface area (Å²) in [6.07, 6.45) is 1.73. The van der Waals surface area contributed by atoms with Crippen LogP contribution in [0.2, 0.25) is 0 Å². The van der Waals surface area contributed by atoms with Crippen LogP contribution >= 0.6 is 15.9 Å². The maximum absolute atomic E-state index is 13.4. The quantitative estimate of drug-likeness (QED) is 0.772. The van der Waals surface area contributed by atoms with Gasteiger partial charge in [-0.3, -0.25) is 9.59 Å². The highest BCUT2D eigenvalue weighted by atomic mass is 79.9. The molecule has 20 heavy (non-hydrogen) atoms. The lowest BCUT2D eigenvalue weighted by Gasteiger charge is -2.21. The van der Waals surface area contributed by atoms with E-state index in [-0.39, 0.29) is 30.7 Å². The zero-order chi connectivity index (χ0) is 14.7. The Morgan fingerprint density at radius 2 is 2.10 bits per heavy atom. The van der Waals surface area contributed by atoms with Crippen LogP contribution in [0.1, 0.15) is 30.1 Å². The predicted octanol–water partition coefficient (Wildman–Crippen LogP) is 2.76. The van der Waals surface area contributed by atoms with E-state index in [1.807, 2.05) is 0 Å². The number of carbonyl (C=O) groups is 2. The molecule has 0 spiro atoms. The van der Waals surface area contributed by atoms with Gasteiger partial charge in [0.2, 0.25) is 0 Å². The van der Waals surface area contributed by atoms with Crippen LogP contribution in [0.5, 0.6) is 0 Å². The first-order chi connectivity index (χ1) is 9.51. The van der Waals surface area contributed by atoms with Crippen molar-refractivity contribution in [1.82, 2.24) is 4.90 Å². The average molecular weight is 344 g/mol. The van der Waals surface area contributed by atoms with E-state index in [0.717, 1.165) is 12.8 Å². The Morgan fingerprint density at radius 1 is 1.40 bits per heavy atom. The van der Waals surface area contributed by atoms with Crippen LogP contribution in [-0.2, 0) is 9.53 Å². The first-order valence-corrected chi connectivity index (χ1v) is 7.23. The van der Waals surface area contributed by atoms with E-state index in [9.17, 15) is 14.0 Å². The lowest BCUT2D eigenvalue weighted by Crippen LogP contribution is -2.38. The van der Waals surface area contributed by atoms with Gasteiger partial charge in [0.05, 0.1) is 6.61 Å². The molecule has 1 amide bonds. The molecule has 108 valence electrons. The minimum Gasteiger partial charge on any atom is -0.465 e. The van der Waals surface area contributed by atoms with Gasteiger partial charge in [0.15, 0.2) is 0 Å². The molecule has 1 aliphatic rings. The van der Waals surface area contributed by atoms with Crippen molar-refractivity contribution in [1.29, 1.82) is 0 Å². The van der Waals surface area contributed by atoms with Crippen LogP contribution in [0.15, 0.2) is 22.7 Å². The van der Waals surface area contributed by atoms with Gasteiger partial charge in [-0.1, -0.05) is 15.9 Å². The number of halogens is 2. The third kappa shape index (κ3) is 3.79. The van der Waals surface area contributed by atoms with Crippen LogP contribution < -0.4 is 0 Å². The normalized spacial score (nSPS) is 13.9. The zero-order valence-electron chi connectivity index (χ0n) is 11.1. The second kappa shape index (κ2) is 6.35. The van der Waals surface area contributed by atoms with Gasteiger partial charge in [-0.05, 0) is 38.0 Å². The van der Waals surface area contributed by atoms with Crippen LogP contribution in [0.3, 0.4) is 0 Å². The second-order valence-electron chi connectivity index (χ2n) is 4.63. The molecule has 0 radical (unpaired) electrons. The van der Waals surface area contributed by atoms with Gasteiger partial charge in [0.1, 0.15) is 12.4 Å². The van der Waals surface area contributed by atoms with Gasteiger partial charge in [-0.2, -0.15) is 0 Å². The molecule has 0 aromatic heterocycles. The van der Waals surface area contributed by atoms with E-state index >= 15 is 0 Å². The van der Waals surface area contributed by atoms with E-state index in [1.165, 1.54) is 17.0 Å². The average Bonchev–Trinajstić information content (AvgIpc) is 3.18. The molecule has 1 aromatic rings. The third-order valence-corrected chi connectivity index (χ3v) is 3.42. The van der Waals surface area contributed by atoms with Gasteiger partial charge >= 0.3 is 5.97 Å². The number of ether oxygens (including phenoxy) is 1. The summed E-state index contributed by atoms with van der Waals surface area (Å²) >= 11 is 3.16. The molecule has 0 saturated heterocycles. The summed E-state index contributed by atoms with van der Waals surface area (Å²) in [6.45, 7) is 1.90. The first-order valence-electron chi connectivity index (χ1n) is 6.44. The van der Waals surface area contributed by atoms with Gasteiger partial charge in [-0.25, -0.2) is 4.39 Å². The summed E-state index contributed by atoms with van der Waals surface area (Å²) in [5.41, 5.74) is 0.230. The molecule has 1 aromatic carbocycles. The van der Waals surface area contributed by atoms with Crippen LogP contribution in [0.25, 0.3) is 0 Å². The Morgan fingerprint density at radius 3 is 2.65 bits per heavy atom. The molecule has 0 N–H and O–H groups in total. The number of amides is 1. The highest BCUT2D eigenvalue weighted by Crippen LogP contribution is 2.28. The van der Waals surface area contributed by atoms with Crippen LogP contribution in [0.4, 0.5) is 4.39 Å². The molecule has 4 nitrogen and oxygen atoms in total. The molecule has 0 unspecified atom stereocenters. The first kappa shape index (κ1) is 15.0. The maximum Gasteiger partial charge on any atom is 0.325 e. The number of carbonyl (C=O) groups excluding carboxylic acids is 2. The number of hydrogen-bond donors (Lipinski definition) is 0. The Kier molecular flexibility index (Phi) is 4.75. The summed E-state index contributed by atoms with van der Waals surface area (Å²) < 4.78 is 18.7. The topological polar surface area (TPSA) is 46.6 Å². The van der Waals surface area contributed by atoms with Gasteiger partial charge in [0.25, 0.3) is 5.91 Å². The SMILES string of the molecule is CCOC(=O)CN(C(=O)c1cc(F)cc(Br)c1)C1CC1. The van der Waals surface area contributed by atoms with Crippen LogP contribution in [-0.4, -0.2) is 36.0 Å². The fraction of sp³-hybridized carbons (Fsp3) is 0.429. The summed E-state index contributed by atoms with van der Waals surface area (Å²) in [5, 5.41) is 0. The van der Waals surface area contributed by atoms with Gasteiger partial charge in [-0.15, -0.1) is 0 Å². The molecule has 0 aliphatic heterocycles. The van der Waals surface area contributed by atoms with E-state index in [4.69, 9.17) is 4.74 Å². The highest BCUT2D eigenvalue weighted by Gasteiger charge is 2.34. The monoisotopic (exact) mass is 343 g/mol. The van der Waals surface area contributed by atoms with Crippen molar-refractivity contribution in [2.75, 3.05) is 13.2 Å². The van der Waals surface area contributed by atoms with Crippen molar-refractivity contribution in [2.24, 2.45) is 0 Å². The summed E-state index contributed by atoms with van der Waals surface area (Å²) in [7, 11) is 0. The third-order valence-electron chi connectivity index (χ3n) is 2.96. The van der Waals surface area contributed by atoms with Crippen molar-refractivity contribution >= 4 is 27.8 Å². The fourth-order valence-electron chi connectivity index (χ4n) is 1.94. The Balaban J connectivity index is 2.16. The number of esters is 1. The lowest BCUT2D eigenvalue weighted by atomic mass is 10.2. The minimum absolute atomic E-state index is 0.0500. The lowest BCUT2D eigenvalue weighted by molar-refractivity contribution is -0.144. The highest BCUT2D eigenvalue weighted by molar-refractivity contribution is 9.10. The van der Waals surface area contributed by atoms with Crippen molar-refractivity contribution in [2.45, 2.75) is 25.8 Å². The standard InChI is InChI=1S/C14H15BrFNO3/c1-2-20-13(18)8-17(12-3-4-12)14(19)9-5-10(15)7-11(16)6-9/h5-7,12H,2-4,8H2,1H3. The van der Waals surface area contributed by atoms with Gasteiger partial charge < -0.3 is 9.64 Å². The fourth-order valence-corrected chi connectivity index (χ4v) is 2.41. The largest absolute Gasteiger partial charge is 0.465 e. The molecular weight excluding hydrogens is 329 g/mol. The van der Waals surface area contributed by atoms with E-state index in [0.29, 0.717) is 4.47 Å². The van der Waals surface area contributed by atoms with Crippen molar-refractivity contribution in [3.8, 4) is 0 Å². The molecule has 0 bridgehead atoms. The minimum atomic E-state index is -0.491. The number of nitrogens with zero attached hydrogens (tertiary/aromatic N) is 1. The molecule has 0 heterocycles. The van der Waals surface area contributed by atoms with E-state index in [1.54, 1.807) is 13.0 Å². The summed E-state index contributed by atoms with van der Waals surface area (Å²) in [6, 6.07) is 4.05. The van der Waals surface area contributed by atoms with E-state index < -0.39 is 11.8 Å². The van der Waals surface area contributed by atoms with Crippen molar-refractivity contribution in [3.05, 3.63) is 34.1 Å².